The third-order valence-electron chi connectivity index (χ3n) is 4.06. The van der Waals surface area contributed by atoms with Gasteiger partial charge in [0.15, 0.2) is 5.88 Å². The number of carbonyl (C=O) groups excluding carboxylic acids is 1. The molecule has 0 spiro atoms. The third kappa shape index (κ3) is 2.50. The smallest absolute Gasteiger partial charge is 0.196 e. The summed E-state index contributed by atoms with van der Waals surface area (Å²) in [6, 6.07) is 11.6. The Hall–Kier alpha value is -3.21. The Bertz CT molecular complexity index is 1120. The number of benzene rings is 2. The lowest BCUT2D eigenvalue weighted by atomic mass is 10.0. The molecule has 2 aromatic carbocycles. The monoisotopic (exact) mass is 317 g/mol. The first-order valence-corrected chi connectivity index (χ1v) is 7.66. The second-order valence-corrected chi connectivity index (χ2v) is 5.95. The highest BCUT2D eigenvalue weighted by atomic mass is 16.3. The Morgan fingerprint density at radius 2 is 2.12 bits per heavy atom. The normalized spacial score (nSPS) is 13.3. The van der Waals surface area contributed by atoms with Crippen LogP contribution < -0.4 is 10.4 Å². The van der Waals surface area contributed by atoms with Gasteiger partial charge in [-0.15, -0.1) is 0 Å². The summed E-state index contributed by atoms with van der Waals surface area (Å²) in [5.41, 5.74) is 3.29. The molecule has 2 N–H and O–H groups in total. The molecule has 0 saturated heterocycles. The molecule has 1 aromatic heterocycles. The molecule has 4 rings (SSSR count). The minimum Gasteiger partial charge on any atom is -0.494 e. The highest BCUT2D eigenvalue weighted by molar-refractivity contribution is 5.93. The van der Waals surface area contributed by atoms with E-state index in [1.54, 1.807) is 13.1 Å². The zero-order valence-electron chi connectivity index (χ0n) is 13.1. The van der Waals surface area contributed by atoms with E-state index in [1.807, 2.05) is 42.5 Å². The van der Waals surface area contributed by atoms with Gasteiger partial charge in [-0.1, -0.05) is 18.2 Å². The van der Waals surface area contributed by atoms with Crippen molar-refractivity contribution in [1.82, 2.24) is 4.98 Å². The first kappa shape index (κ1) is 14.4. The predicted molar refractivity (Wildman–Crippen MR) is 92.6 cm³/mol. The number of carbonyl (C=O) groups is 1. The van der Waals surface area contributed by atoms with E-state index in [4.69, 9.17) is 0 Å². The second-order valence-electron chi connectivity index (χ2n) is 5.95. The van der Waals surface area contributed by atoms with Gasteiger partial charge >= 0.3 is 0 Å². The number of fused-ring (bicyclic) bond motifs is 2. The number of aromatic amines is 1. The van der Waals surface area contributed by atoms with Crippen molar-refractivity contribution in [1.29, 1.82) is 0 Å². The Labute approximate surface area is 137 Å². The largest absolute Gasteiger partial charge is 0.494 e. The highest BCUT2D eigenvalue weighted by Crippen LogP contribution is 2.29. The molecule has 5 heteroatoms. The molecule has 0 atom stereocenters. The van der Waals surface area contributed by atoms with Crippen LogP contribution >= 0.6 is 0 Å². The summed E-state index contributed by atoms with van der Waals surface area (Å²) in [5, 5.41) is 21.0. The van der Waals surface area contributed by atoms with E-state index in [0.29, 0.717) is 12.0 Å². The molecular formula is C19H15N3O2. The van der Waals surface area contributed by atoms with Crippen LogP contribution in [0.15, 0.2) is 46.6 Å². The van der Waals surface area contributed by atoms with E-state index in [9.17, 15) is 9.90 Å². The van der Waals surface area contributed by atoms with Crippen molar-refractivity contribution >= 4 is 34.6 Å². The summed E-state index contributed by atoms with van der Waals surface area (Å²) in [6.45, 7) is 1.57. The van der Waals surface area contributed by atoms with Crippen molar-refractivity contribution < 1.29 is 9.90 Å². The minimum atomic E-state index is 0.110. The number of nitrogens with zero attached hydrogens (tertiary/aromatic N) is 2. The van der Waals surface area contributed by atoms with Crippen LogP contribution in [-0.2, 0) is 11.2 Å². The lowest BCUT2D eigenvalue weighted by molar-refractivity contribution is -0.116. The van der Waals surface area contributed by atoms with Gasteiger partial charge in [0.1, 0.15) is 5.78 Å². The van der Waals surface area contributed by atoms with E-state index in [0.717, 1.165) is 32.6 Å². The fourth-order valence-electron chi connectivity index (χ4n) is 2.96. The van der Waals surface area contributed by atoms with Crippen LogP contribution in [0.4, 0.5) is 5.69 Å². The lowest BCUT2D eigenvalue weighted by Gasteiger charge is -1.99. The minimum absolute atomic E-state index is 0.110. The van der Waals surface area contributed by atoms with Crippen molar-refractivity contribution in [2.24, 2.45) is 10.2 Å². The van der Waals surface area contributed by atoms with Crippen LogP contribution in [-0.4, -0.2) is 15.9 Å². The number of nitrogens with one attached hydrogen (secondary N) is 1. The average Bonchev–Trinajstić information content (AvgIpc) is 3.12. The van der Waals surface area contributed by atoms with Crippen molar-refractivity contribution in [3.63, 3.8) is 0 Å². The molecule has 0 saturated carbocycles. The van der Waals surface area contributed by atoms with Gasteiger partial charge in [0, 0.05) is 28.1 Å². The summed E-state index contributed by atoms with van der Waals surface area (Å²) in [5.74, 6) is 0.221. The highest BCUT2D eigenvalue weighted by Gasteiger charge is 2.10. The van der Waals surface area contributed by atoms with Crippen LogP contribution in [0.1, 0.15) is 18.1 Å². The quantitative estimate of drug-likeness (QED) is 0.779. The fourth-order valence-corrected chi connectivity index (χ4v) is 2.96. The molecule has 0 radical (unpaired) electrons. The Morgan fingerprint density at radius 3 is 2.96 bits per heavy atom. The number of azo groups is 1. The van der Waals surface area contributed by atoms with Gasteiger partial charge in [-0.25, -0.2) is 0 Å². The number of aromatic hydroxyl groups is 1. The van der Waals surface area contributed by atoms with Crippen LogP contribution in [0.3, 0.4) is 0 Å². The summed E-state index contributed by atoms with van der Waals surface area (Å²) < 4.78 is 0. The molecular weight excluding hydrogens is 302 g/mol. The maximum absolute atomic E-state index is 11.4. The molecule has 0 unspecified atom stereocenters. The van der Waals surface area contributed by atoms with Gasteiger partial charge in [-0.05, 0) is 42.0 Å². The lowest BCUT2D eigenvalue weighted by Crippen LogP contribution is -2.06. The van der Waals surface area contributed by atoms with Crippen molar-refractivity contribution in [2.45, 2.75) is 13.3 Å². The molecule has 24 heavy (non-hydrogen) atoms. The second kappa shape index (κ2) is 5.45. The van der Waals surface area contributed by atoms with E-state index in [1.165, 1.54) is 0 Å². The van der Waals surface area contributed by atoms with Gasteiger partial charge < -0.3 is 10.1 Å². The summed E-state index contributed by atoms with van der Waals surface area (Å²) >= 11 is 0. The van der Waals surface area contributed by atoms with E-state index >= 15 is 0 Å². The molecule has 1 aliphatic rings. The Kier molecular flexibility index (Phi) is 3.27. The molecule has 118 valence electrons. The van der Waals surface area contributed by atoms with Gasteiger partial charge in [0.25, 0.3) is 0 Å². The average molecular weight is 317 g/mol. The van der Waals surface area contributed by atoms with Crippen molar-refractivity contribution in [3.8, 4) is 5.88 Å². The molecule has 2 heterocycles. The van der Waals surface area contributed by atoms with Crippen molar-refractivity contribution in [3.05, 3.63) is 58.0 Å². The standard InChI is InChI=1S/C19H15N3O2/c1-11(23)6-12-3-5-17-15(7-12)16(19(24)21-17)8-13-2-4-14-10-20-22-18(14)9-13/h2-5,7-10,21,24H,6H2,1H3/b13-8-. The molecule has 1 aliphatic heterocycles. The maximum atomic E-state index is 11.4. The molecule has 3 aromatic rings. The summed E-state index contributed by atoms with van der Waals surface area (Å²) in [4.78, 5) is 14.3. The summed E-state index contributed by atoms with van der Waals surface area (Å²) in [6.07, 6.45) is 4.01. The van der Waals surface area contributed by atoms with Gasteiger partial charge in [0.2, 0.25) is 0 Å². The predicted octanol–water partition coefficient (Wildman–Crippen LogP) is 2.67. The number of hydrogen-bond acceptors (Lipinski definition) is 4. The van der Waals surface area contributed by atoms with Gasteiger partial charge in [-0.2, -0.15) is 10.2 Å². The van der Waals surface area contributed by atoms with Crippen molar-refractivity contribution in [2.75, 3.05) is 0 Å². The maximum Gasteiger partial charge on any atom is 0.196 e. The van der Waals surface area contributed by atoms with E-state index in [-0.39, 0.29) is 11.7 Å². The molecule has 0 fully saturated rings. The van der Waals surface area contributed by atoms with E-state index < -0.39 is 0 Å². The molecule has 0 bridgehead atoms. The number of hydrogen-bond donors (Lipinski definition) is 2. The number of aromatic nitrogens is 1. The first-order valence-electron chi connectivity index (χ1n) is 7.66. The van der Waals surface area contributed by atoms with Crippen LogP contribution in [0, 0.1) is 0 Å². The van der Waals surface area contributed by atoms with E-state index in [2.05, 4.69) is 15.2 Å². The summed E-state index contributed by atoms with van der Waals surface area (Å²) in [7, 11) is 0. The first-order chi connectivity index (χ1) is 11.6. The Morgan fingerprint density at radius 1 is 1.25 bits per heavy atom. The topological polar surface area (TPSA) is 77.8 Å². The van der Waals surface area contributed by atoms with Crippen LogP contribution in [0.2, 0.25) is 0 Å². The molecule has 0 amide bonds. The van der Waals surface area contributed by atoms with Gasteiger partial charge in [0.05, 0.1) is 11.9 Å². The number of rotatable bonds is 3. The fraction of sp³-hybridized carbons (Fsp3) is 0.105. The Balaban J connectivity index is 1.88. The number of Topliss-reactive ketones (excluding diaryl/α,β-unsaturated/α-hetero) is 1. The number of ketones is 1. The van der Waals surface area contributed by atoms with Crippen LogP contribution in [0.5, 0.6) is 5.88 Å². The zero-order chi connectivity index (χ0) is 16.7. The van der Waals surface area contributed by atoms with Gasteiger partial charge in [-0.3, -0.25) is 4.79 Å². The zero-order valence-corrected chi connectivity index (χ0v) is 13.1. The third-order valence-corrected chi connectivity index (χ3v) is 4.06. The molecule has 0 aliphatic carbocycles. The number of H-pyrrole nitrogens is 1. The SMILES string of the molecule is CC(=O)Cc1ccc2[nH]c(O)c(/C=c3/ccc4c(c3)N=NC=4)c2c1. The molecule has 5 nitrogen and oxygen atoms in total. The van der Waals surface area contributed by atoms with Crippen LogP contribution in [0.25, 0.3) is 23.2 Å².